The third-order valence-corrected chi connectivity index (χ3v) is 5.91. The molecule has 6 nitrogen and oxygen atoms in total. The standard InChI is InChI=1S/C17H19N3O3S2/c1-4-7-25-17-19-14-13(15(21)20-17)12(10-6-5-8-24-10)11(9(2)18-14)16(22)23-3/h5-6,8,12H,4,7H2,1-3H3,(H2,18,19,20,21). The average molecular weight is 377 g/mol. The summed E-state index contributed by atoms with van der Waals surface area (Å²) in [4.78, 5) is 33.5. The molecular formula is C17H19N3O3S2. The first kappa shape index (κ1) is 17.8. The van der Waals surface area contributed by atoms with E-state index in [9.17, 15) is 9.59 Å². The third-order valence-electron chi connectivity index (χ3n) is 3.90. The minimum atomic E-state index is -0.481. The van der Waals surface area contributed by atoms with Gasteiger partial charge in [0.2, 0.25) is 0 Å². The first-order valence-electron chi connectivity index (χ1n) is 7.93. The smallest absolute Gasteiger partial charge is 0.336 e. The van der Waals surface area contributed by atoms with Crippen molar-refractivity contribution in [3.05, 3.63) is 49.6 Å². The van der Waals surface area contributed by atoms with Crippen LogP contribution in [0.4, 0.5) is 5.82 Å². The molecule has 0 amide bonds. The molecule has 3 rings (SSSR count). The van der Waals surface area contributed by atoms with Crippen molar-refractivity contribution in [3.63, 3.8) is 0 Å². The number of aromatic amines is 1. The second-order valence-electron chi connectivity index (χ2n) is 5.59. The first-order valence-corrected chi connectivity index (χ1v) is 9.79. The lowest BCUT2D eigenvalue weighted by molar-refractivity contribution is -0.136. The number of hydrogen-bond donors (Lipinski definition) is 2. The van der Waals surface area contributed by atoms with Gasteiger partial charge < -0.3 is 15.0 Å². The van der Waals surface area contributed by atoms with E-state index in [1.165, 1.54) is 30.2 Å². The van der Waals surface area contributed by atoms with Crippen molar-refractivity contribution in [2.45, 2.75) is 31.3 Å². The normalized spacial score (nSPS) is 16.4. The summed E-state index contributed by atoms with van der Waals surface area (Å²) in [6.45, 7) is 3.88. The quantitative estimate of drug-likeness (QED) is 0.472. The van der Waals surface area contributed by atoms with Gasteiger partial charge in [0.25, 0.3) is 5.56 Å². The second-order valence-corrected chi connectivity index (χ2v) is 7.65. The average Bonchev–Trinajstić information content (AvgIpc) is 3.12. The zero-order chi connectivity index (χ0) is 18.0. The minimum Gasteiger partial charge on any atom is -0.466 e. The van der Waals surface area contributed by atoms with Crippen molar-refractivity contribution >= 4 is 34.9 Å². The number of H-pyrrole nitrogens is 1. The number of thiophene rings is 1. The minimum absolute atomic E-state index is 0.233. The molecule has 0 saturated carbocycles. The third kappa shape index (κ3) is 3.36. The SMILES string of the molecule is CCCSc1nc2c(c(=O)[nH]1)C(c1cccs1)C(C(=O)OC)=C(C)N2. The maximum absolute atomic E-state index is 12.8. The number of aromatic nitrogens is 2. The topological polar surface area (TPSA) is 84.1 Å². The van der Waals surface area contributed by atoms with Gasteiger partial charge in [0, 0.05) is 16.3 Å². The molecule has 1 unspecified atom stereocenters. The lowest BCUT2D eigenvalue weighted by Crippen LogP contribution is -2.30. The monoisotopic (exact) mass is 377 g/mol. The van der Waals surface area contributed by atoms with Crippen LogP contribution in [0.3, 0.4) is 0 Å². The van der Waals surface area contributed by atoms with Crippen LogP contribution in [0.25, 0.3) is 0 Å². The van der Waals surface area contributed by atoms with Crippen LogP contribution in [-0.4, -0.2) is 28.8 Å². The number of nitrogens with one attached hydrogen (secondary N) is 2. The Kier molecular flexibility index (Phi) is 5.29. The fraction of sp³-hybridized carbons (Fsp3) is 0.353. The van der Waals surface area contributed by atoms with Crippen LogP contribution in [-0.2, 0) is 9.53 Å². The van der Waals surface area contributed by atoms with E-state index in [4.69, 9.17) is 4.74 Å². The van der Waals surface area contributed by atoms with E-state index in [0.717, 1.165) is 17.1 Å². The highest BCUT2D eigenvalue weighted by Gasteiger charge is 2.36. The van der Waals surface area contributed by atoms with Gasteiger partial charge in [0.15, 0.2) is 5.16 Å². The Labute approximate surface area is 153 Å². The number of allylic oxidation sites excluding steroid dienone is 1. The molecule has 0 fully saturated rings. The molecule has 0 radical (unpaired) electrons. The highest BCUT2D eigenvalue weighted by atomic mass is 32.2. The molecule has 2 aromatic heterocycles. The Bertz CT molecular complexity index is 872. The summed E-state index contributed by atoms with van der Waals surface area (Å²) in [6, 6.07) is 3.82. The molecule has 3 heterocycles. The molecule has 1 aliphatic rings. The van der Waals surface area contributed by atoms with Crippen LogP contribution in [0.15, 0.2) is 38.7 Å². The number of thioether (sulfide) groups is 1. The van der Waals surface area contributed by atoms with E-state index in [1.807, 2.05) is 17.5 Å². The highest BCUT2D eigenvalue weighted by molar-refractivity contribution is 7.99. The van der Waals surface area contributed by atoms with Crippen molar-refractivity contribution < 1.29 is 9.53 Å². The van der Waals surface area contributed by atoms with Crippen LogP contribution in [0.5, 0.6) is 0 Å². The van der Waals surface area contributed by atoms with Gasteiger partial charge in [-0.1, -0.05) is 24.8 Å². The number of carbonyl (C=O) groups excluding carboxylic acids is 1. The Morgan fingerprint density at radius 3 is 2.92 bits per heavy atom. The van der Waals surface area contributed by atoms with Crippen molar-refractivity contribution in [3.8, 4) is 0 Å². The first-order chi connectivity index (χ1) is 12.1. The largest absolute Gasteiger partial charge is 0.466 e. The number of hydrogen-bond acceptors (Lipinski definition) is 7. The lowest BCUT2D eigenvalue weighted by Gasteiger charge is -2.27. The Morgan fingerprint density at radius 2 is 2.28 bits per heavy atom. The molecule has 2 N–H and O–H groups in total. The molecule has 132 valence electrons. The second kappa shape index (κ2) is 7.45. The summed E-state index contributed by atoms with van der Waals surface area (Å²) in [5.74, 6) is 0.451. The Morgan fingerprint density at radius 1 is 1.48 bits per heavy atom. The van der Waals surface area contributed by atoms with E-state index in [0.29, 0.717) is 27.8 Å². The molecule has 1 atom stereocenters. The number of nitrogens with zero attached hydrogens (tertiary/aromatic N) is 1. The van der Waals surface area contributed by atoms with E-state index >= 15 is 0 Å². The molecule has 0 spiro atoms. The van der Waals surface area contributed by atoms with E-state index < -0.39 is 11.9 Å². The van der Waals surface area contributed by atoms with Gasteiger partial charge in [0.1, 0.15) is 5.82 Å². The molecule has 0 saturated heterocycles. The lowest BCUT2D eigenvalue weighted by atomic mass is 9.86. The number of esters is 1. The molecular weight excluding hydrogens is 358 g/mol. The fourth-order valence-electron chi connectivity index (χ4n) is 2.82. The summed E-state index contributed by atoms with van der Waals surface area (Å²) in [6.07, 6.45) is 0.988. The maximum Gasteiger partial charge on any atom is 0.336 e. The summed E-state index contributed by atoms with van der Waals surface area (Å²) in [5, 5.41) is 5.62. The van der Waals surface area contributed by atoms with Crippen LogP contribution >= 0.6 is 23.1 Å². The van der Waals surface area contributed by atoms with Gasteiger partial charge in [-0.15, -0.1) is 11.3 Å². The van der Waals surface area contributed by atoms with E-state index in [2.05, 4.69) is 22.2 Å². The zero-order valence-corrected chi connectivity index (χ0v) is 15.8. The van der Waals surface area contributed by atoms with Crippen molar-refractivity contribution in [2.24, 2.45) is 0 Å². The highest BCUT2D eigenvalue weighted by Crippen LogP contribution is 2.41. The molecule has 8 heteroatoms. The van der Waals surface area contributed by atoms with Crippen molar-refractivity contribution in [1.29, 1.82) is 0 Å². The van der Waals surface area contributed by atoms with Gasteiger partial charge in [-0.05, 0) is 24.8 Å². The van der Waals surface area contributed by atoms with Gasteiger partial charge in [-0.2, -0.15) is 0 Å². The summed E-state index contributed by atoms with van der Waals surface area (Å²) >= 11 is 3.01. The molecule has 0 aliphatic carbocycles. The van der Waals surface area contributed by atoms with Crippen LogP contribution in [0.1, 0.15) is 36.6 Å². The predicted octanol–water partition coefficient (Wildman–Crippen LogP) is 3.34. The number of methoxy groups -OCH3 is 1. The zero-order valence-electron chi connectivity index (χ0n) is 14.2. The van der Waals surface area contributed by atoms with Crippen LogP contribution in [0, 0.1) is 0 Å². The predicted molar refractivity (Wildman–Crippen MR) is 100 cm³/mol. The molecule has 2 aromatic rings. The number of rotatable bonds is 5. The van der Waals surface area contributed by atoms with Crippen LogP contribution < -0.4 is 10.9 Å². The fourth-order valence-corrected chi connectivity index (χ4v) is 4.38. The number of ether oxygens (including phenoxy) is 1. The van der Waals surface area contributed by atoms with Crippen molar-refractivity contribution in [2.75, 3.05) is 18.2 Å². The maximum atomic E-state index is 12.8. The molecule has 1 aliphatic heterocycles. The van der Waals surface area contributed by atoms with Gasteiger partial charge in [0.05, 0.1) is 24.2 Å². The number of fused-ring (bicyclic) bond motifs is 1. The summed E-state index contributed by atoms with van der Waals surface area (Å²) < 4.78 is 4.95. The van der Waals surface area contributed by atoms with Gasteiger partial charge in [-0.3, -0.25) is 4.79 Å². The van der Waals surface area contributed by atoms with Gasteiger partial charge >= 0.3 is 5.97 Å². The summed E-state index contributed by atoms with van der Waals surface area (Å²) in [5.41, 5.74) is 1.32. The molecule has 0 aromatic carbocycles. The van der Waals surface area contributed by atoms with E-state index in [1.54, 1.807) is 6.92 Å². The number of carbonyl (C=O) groups is 1. The molecule has 0 bridgehead atoms. The van der Waals surface area contributed by atoms with Crippen LogP contribution in [0.2, 0.25) is 0 Å². The summed E-state index contributed by atoms with van der Waals surface area (Å²) in [7, 11) is 1.34. The Hall–Kier alpha value is -2.06. The molecule has 25 heavy (non-hydrogen) atoms. The number of anilines is 1. The van der Waals surface area contributed by atoms with E-state index in [-0.39, 0.29) is 5.56 Å². The Balaban J connectivity index is 2.17. The van der Waals surface area contributed by atoms with Gasteiger partial charge in [-0.25, -0.2) is 9.78 Å². The van der Waals surface area contributed by atoms with Crippen molar-refractivity contribution in [1.82, 2.24) is 9.97 Å².